The van der Waals surface area contributed by atoms with E-state index < -0.39 is 5.97 Å². The van der Waals surface area contributed by atoms with E-state index in [1.807, 2.05) is 13.8 Å². The molecule has 0 aromatic carbocycles. The normalized spacial score (nSPS) is 11.2. The highest BCUT2D eigenvalue weighted by molar-refractivity contribution is 5.84. The van der Waals surface area contributed by atoms with Gasteiger partial charge in [-0.1, -0.05) is 13.8 Å². The van der Waals surface area contributed by atoms with E-state index in [2.05, 4.69) is 15.3 Å². The number of carboxylic acid groups (broad SMARTS) is 1. The van der Waals surface area contributed by atoms with Crippen molar-refractivity contribution in [2.75, 3.05) is 18.5 Å². The molecule has 0 fully saturated rings. The van der Waals surface area contributed by atoms with Gasteiger partial charge in [-0.05, 0) is 11.8 Å². The lowest BCUT2D eigenvalue weighted by Crippen LogP contribution is -2.21. The van der Waals surface area contributed by atoms with Gasteiger partial charge in [-0.15, -0.1) is 0 Å². The van der Waals surface area contributed by atoms with E-state index in [1.54, 1.807) is 0 Å². The summed E-state index contributed by atoms with van der Waals surface area (Å²) in [5, 5.41) is 20.7. The summed E-state index contributed by atoms with van der Waals surface area (Å²) >= 11 is 0. The van der Waals surface area contributed by atoms with Crippen molar-refractivity contribution in [1.29, 1.82) is 0 Å². The summed E-state index contributed by atoms with van der Waals surface area (Å²) in [4.78, 5) is 18.2. The van der Waals surface area contributed by atoms with Crippen molar-refractivity contribution in [3.63, 3.8) is 0 Å². The molecule has 3 N–H and O–H groups in total. The maximum Gasteiger partial charge on any atom is 0.356 e. The Labute approximate surface area is 99.7 Å². The third kappa shape index (κ3) is 4.36. The molecule has 1 aromatic heterocycles. The Kier molecular flexibility index (Phi) is 4.39. The van der Waals surface area contributed by atoms with Crippen molar-refractivity contribution in [2.45, 2.75) is 20.3 Å². The summed E-state index contributed by atoms with van der Waals surface area (Å²) in [6.07, 6.45) is 3.38. The molecule has 0 saturated heterocycles. The number of aromatic carboxylic acids is 1. The number of hydrogen-bond donors (Lipinski definition) is 3. The maximum absolute atomic E-state index is 10.5. The fourth-order valence-corrected chi connectivity index (χ4v) is 1.14. The van der Waals surface area contributed by atoms with E-state index in [-0.39, 0.29) is 17.7 Å². The summed E-state index contributed by atoms with van der Waals surface area (Å²) in [6, 6.07) is 0. The van der Waals surface area contributed by atoms with Crippen LogP contribution in [0.15, 0.2) is 12.4 Å². The quantitative estimate of drug-likeness (QED) is 0.685. The second-order valence-corrected chi connectivity index (χ2v) is 4.59. The Morgan fingerprint density at radius 2 is 2.12 bits per heavy atom. The number of carboxylic acids is 1. The first-order chi connectivity index (χ1) is 7.94. The van der Waals surface area contributed by atoms with Crippen LogP contribution in [0.1, 0.15) is 30.8 Å². The van der Waals surface area contributed by atoms with Gasteiger partial charge in [0.05, 0.1) is 12.4 Å². The van der Waals surface area contributed by atoms with Gasteiger partial charge in [0.15, 0.2) is 5.69 Å². The van der Waals surface area contributed by atoms with Gasteiger partial charge < -0.3 is 15.5 Å². The number of aliphatic hydroxyl groups is 1. The molecule has 0 atom stereocenters. The van der Waals surface area contributed by atoms with Gasteiger partial charge >= 0.3 is 5.97 Å². The zero-order valence-electron chi connectivity index (χ0n) is 9.97. The van der Waals surface area contributed by atoms with Gasteiger partial charge in [0.1, 0.15) is 5.82 Å². The zero-order chi connectivity index (χ0) is 12.9. The predicted octanol–water partition coefficient (Wildman–Crippen LogP) is 0.995. The SMILES string of the molecule is CC(C)(CO)CCNc1cnc(C(=O)O)cn1. The van der Waals surface area contributed by atoms with Crippen molar-refractivity contribution >= 4 is 11.8 Å². The van der Waals surface area contributed by atoms with Gasteiger partial charge in [0.25, 0.3) is 0 Å². The molecule has 17 heavy (non-hydrogen) atoms. The van der Waals surface area contributed by atoms with Crippen LogP contribution >= 0.6 is 0 Å². The second kappa shape index (κ2) is 5.58. The number of rotatable bonds is 6. The molecule has 0 aliphatic carbocycles. The molecule has 0 saturated carbocycles. The fraction of sp³-hybridized carbons (Fsp3) is 0.545. The van der Waals surface area contributed by atoms with E-state index in [0.717, 1.165) is 6.42 Å². The van der Waals surface area contributed by atoms with E-state index in [9.17, 15) is 4.79 Å². The molecule has 0 aliphatic heterocycles. The van der Waals surface area contributed by atoms with Crippen LogP contribution < -0.4 is 5.32 Å². The molecule has 1 aromatic rings. The molecule has 1 heterocycles. The van der Waals surface area contributed by atoms with Gasteiger partial charge in [-0.3, -0.25) is 0 Å². The van der Waals surface area contributed by atoms with E-state index in [0.29, 0.717) is 12.4 Å². The van der Waals surface area contributed by atoms with Gasteiger partial charge in [0.2, 0.25) is 0 Å². The maximum atomic E-state index is 10.5. The van der Waals surface area contributed by atoms with Crippen LogP contribution in [0.2, 0.25) is 0 Å². The molecule has 0 radical (unpaired) electrons. The molecule has 0 bridgehead atoms. The monoisotopic (exact) mass is 239 g/mol. The van der Waals surface area contributed by atoms with Crippen LogP contribution in [0.25, 0.3) is 0 Å². The number of hydrogen-bond acceptors (Lipinski definition) is 5. The first kappa shape index (κ1) is 13.4. The molecule has 1 rings (SSSR count). The molecule has 0 aliphatic rings. The number of nitrogens with zero attached hydrogens (tertiary/aromatic N) is 2. The van der Waals surface area contributed by atoms with Crippen LogP contribution in [-0.2, 0) is 0 Å². The minimum atomic E-state index is -1.09. The van der Waals surface area contributed by atoms with Gasteiger partial charge in [-0.25, -0.2) is 14.8 Å². The first-order valence-electron chi connectivity index (χ1n) is 5.35. The van der Waals surface area contributed by atoms with Crippen LogP contribution in [-0.4, -0.2) is 39.3 Å². The van der Waals surface area contributed by atoms with Crippen LogP contribution in [0.3, 0.4) is 0 Å². The second-order valence-electron chi connectivity index (χ2n) is 4.59. The molecule has 94 valence electrons. The van der Waals surface area contributed by atoms with E-state index in [1.165, 1.54) is 12.4 Å². The summed E-state index contributed by atoms with van der Waals surface area (Å²) in [5.41, 5.74) is -0.215. The molecule has 0 unspecified atom stereocenters. The summed E-state index contributed by atoms with van der Waals surface area (Å²) in [7, 11) is 0. The average molecular weight is 239 g/mol. The number of carbonyl (C=O) groups is 1. The largest absolute Gasteiger partial charge is 0.476 e. The highest BCUT2D eigenvalue weighted by Gasteiger charge is 2.15. The molecule has 6 heteroatoms. The Morgan fingerprint density at radius 3 is 2.59 bits per heavy atom. The van der Waals surface area contributed by atoms with Crippen molar-refractivity contribution in [1.82, 2.24) is 9.97 Å². The lowest BCUT2D eigenvalue weighted by Gasteiger charge is -2.21. The Bertz CT molecular complexity index is 376. The highest BCUT2D eigenvalue weighted by atomic mass is 16.4. The van der Waals surface area contributed by atoms with Crippen molar-refractivity contribution < 1.29 is 15.0 Å². The van der Waals surface area contributed by atoms with Gasteiger partial charge in [0, 0.05) is 13.2 Å². The Hall–Kier alpha value is -1.69. The summed E-state index contributed by atoms with van der Waals surface area (Å²) in [5.74, 6) is -0.561. The van der Waals surface area contributed by atoms with Crippen LogP contribution in [0.5, 0.6) is 0 Å². The summed E-state index contributed by atoms with van der Waals surface area (Å²) < 4.78 is 0. The molecule has 6 nitrogen and oxygen atoms in total. The number of aliphatic hydroxyl groups excluding tert-OH is 1. The minimum Gasteiger partial charge on any atom is -0.476 e. The first-order valence-corrected chi connectivity index (χ1v) is 5.35. The Morgan fingerprint density at radius 1 is 1.41 bits per heavy atom. The minimum absolute atomic E-state index is 0.0776. The van der Waals surface area contributed by atoms with Gasteiger partial charge in [-0.2, -0.15) is 0 Å². The van der Waals surface area contributed by atoms with Crippen molar-refractivity contribution in [3.05, 3.63) is 18.1 Å². The van der Waals surface area contributed by atoms with Crippen molar-refractivity contribution in [3.8, 4) is 0 Å². The topological polar surface area (TPSA) is 95.3 Å². The van der Waals surface area contributed by atoms with E-state index >= 15 is 0 Å². The molecular weight excluding hydrogens is 222 g/mol. The lowest BCUT2D eigenvalue weighted by atomic mass is 9.91. The molecule has 0 amide bonds. The lowest BCUT2D eigenvalue weighted by molar-refractivity contribution is 0.0690. The average Bonchev–Trinajstić information content (AvgIpc) is 2.29. The number of anilines is 1. The number of aromatic nitrogens is 2. The van der Waals surface area contributed by atoms with Crippen molar-refractivity contribution in [2.24, 2.45) is 5.41 Å². The third-order valence-corrected chi connectivity index (χ3v) is 2.41. The zero-order valence-corrected chi connectivity index (χ0v) is 9.97. The molecular formula is C11H17N3O3. The number of nitrogens with one attached hydrogen (secondary N) is 1. The third-order valence-electron chi connectivity index (χ3n) is 2.41. The Balaban J connectivity index is 2.45. The van der Waals surface area contributed by atoms with Crippen LogP contribution in [0, 0.1) is 5.41 Å². The standard InChI is InChI=1S/C11H17N3O3/c1-11(2,7-15)3-4-12-9-6-13-8(5-14-9)10(16)17/h5-6,15H,3-4,7H2,1-2H3,(H,12,14)(H,16,17). The highest BCUT2D eigenvalue weighted by Crippen LogP contribution is 2.18. The fourth-order valence-electron chi connectivity index (χ4n) is 1.14. The van der Waals surface area contributed by atoms with E-state index in [4.69, 9.17) is 10.2 Å². The molecule has 0 spiro atoms. The van der Waals surface area contributed by atoms with Crippen LogP contribution in [0.4, 0.5) is 5.82 Å². The predicted molar refractivity (Wildman–Crippen MR) is 63.0 cm³/mol. The summed E-state index contributed by atoms with van der Waals surface area (Å²) in [6.45, 7) is 4.70. The smallest absolute Gasteiger partial charge is 0.356 e.